The minimum absolute atomic E-state index is 0.279. The van der Waals surface area contributed by atoms with Gasteiger partial charge < -0.3 is 0 Å². The van der Waals surface area contributed by atoms with Gasteiger partial charge in [0.1, 0.15) is 0 Å². The normalized spacial score (nSPS) is 11.8. The van der Waals surface area contributed by atoms with Gasteiger partial charge in [0.15, 0.2) is 0 Å². The van der Waals surface area contributed by atoms with Crippen molar-refractivity contribution in [1.29, 1.82) is 0 Å². The van der Waals surface area contributed by atoms with E-state index in [0.717, 1.165) is 11.3 Å². The second-order valence-electron chi connectivity index (χ2n) is 3.58. The average Bonchev–Trinajstić information content (AvgIpc) is 2.34. The Morgan fingerprint density at radius 1 is 1.28 bits per heavy atom. The summed E-state index contributed by atoms with van der Waals surface area (Å²) in [6.07, 6.45) is -0.314. The van der Waals surface area contributed by atoms with Gasteiger partial charge in [0.25, 0.3) is 0 Å². The monoisotopic (exact) mass is 318 g/mol. The minimum atomic E-state index is -1.07. The number of rotatable bonds is 7. The molecule has 18 heavy (non-hydrogen) atoms. The number of carboxylic acids is 2. The van der Waals surface area contributed by atoms with Crippen molar-refractivity contribution in [1.82, 2.24) is 0 Å². The van der Waals surface area contributed by atoms with E-state index >= 15 is 0 Å². The van der Waals surface area contributed by atoms with Gasteiger partial charge in [0.2, 0.25) is 0 Å². The molecule has 1 atom stereocenters. The van der Waals surface area contributed by atoms with Crippen LogP contribution in [0.5, 0.6) is 5.75 Å². The molecule has 0 bridgehead atoms. The first-order chi connectivity index (χ1) is 8.52. The molecule has 6 heteroatoms. The summed E-state index contributed by atoms with van der Waals surface area (Å²) in [5.41, 5.74) is 0.993. The van der Waals surface area contributed by atoms with Gasteiger partial charge in [-0.05, 0) is 0 Å². The molecule has 0 saturated heterocycles. The van der Waals surface area contributed by atoms with Crippen molar-refractivity contribution in [2.24, 2.45) is 0 Å². The molecule has 0 aliphatic carbocycles. The zero-order valence-electron chi connectivity index (χ0n) is 9.83. The molecule has 0 spiro atoms. The van der Waals surface area contributed by atoms with Gasteiger partial charge in [0.05, 0.1) is 0 Å². The molecule has 0 fully saturated rings. The summed E-state index contributed by atoms with van der Waals surface area (Å²) in [6, 6.07) is 7.33. The van der Waals surface area contributed by atoms with Crippen LogP contribution in [0.1, 0.15) is 12.0 Å². The van der Waals surface area contributed by atoms with Crippen LogP contribution < -0.4 is 4.74 Å². The first kappa shape index (κ1) is 14.5. The molecule has 2 N–H and O–H groups in total. The van der Waals surface area contributed by atoms with E-state index in [9.17, 15) is 9.59 Å². The number of hydrogen-bond acceptors (Lipinski definition) is 3. The van der Waals surface area contributed by atoms with Crippen molar-refractivity contribution in [3.8, 4) is 5.75 Å². The molecule has 1 aromatic rings. The summed E-state index contributed by atoms with van der Waals surface area (Å²) in [5, 5.41) is 18.1. The quantitative estimate of drug-likeness (QED) is 0.740. The van der Waals surface area contributed by atoms with Crippen molar-refractivity contribution < 1.29 is 24.5 Å². The van der Waals surface area contributed by atoms with Gasteiger partial charge >= 0.3 is 111 Å². The Morgan fingerprint density at radius 3 is 2.33 bits per heavy atom. The number of carbonyl (C=O) groups is 2. The fourth-order valence-corrected chi connectivity index (χ4v) is 3.37. The fourth-order valence-electron chi connectivity index (χ4n) is 1.29. The van der Waals surface area contributed by atoms with Crippen molar-refractivity contribution in [2.45, 2.75) is 16.6 Å². The summed E-state index contributed by atoms with van der Waals surface area (Å²) in [4.78, 5) is 20.6. The maximum atomic E-state index is 10.9. The Balaban J connectivity index is 2.55. The van der Waals surface area contributed by atoms with E-state index in [0.29, 0.717) is 5.32 Å². The van der Waals surface area contributed by atoms with Crippen LogP contribution in [-0.4, -0.2) is 44.2 Å². The summed E-state index contributed by atoms with van der Waals surface area (Å²) < 4.78 is 5.02. The zero-order valence-corrected chi connectivity index (χ0v) is 11.5. The molecule has 0 heterocycles. The van der Waals surface area contributed by atoms with Crippen LogP contribution in [0.3, 0.4) is 0 Å². The number of ether oxygens (including phenoxy) is 1. The molecule has 5 nitrogen and oxygen atoms in total. The summed E-state index contributed by atoms with van der Waals surface area (Å²) in [5.74, 6) is -1.36. The van der Waals surface area contributed by atoms with E-state index in [1.807, 2.05) is 12.1 Å². The summed E-state index contributed by atoms with van der Waals surface area (Å²) in [6.45, 7) is 0. The van der Waals surface area contributed by atoms with Crippen molar-refractivity contribution >= 4 is 26.9 Å². The molecular formula is C12H14O5Se. The number of carboxylic acid groups (broad SMARTS) is 2. The molecule has 0 saturated carbocycles. The van der Waals surface area contributed by atoms with Crippen LogP contribution in [0.25, 0.3) is 0 Å². The first-order valence-corrected chi connectivity index (χ1v) is 7.42. The van der Waals surface area contributed by atoms with Gasteiger partial charge in [-0.3, -0.25) is 0 Å². The van der Waals surface area contributed by atoms with Gasteiger partial charge in [-0.2, -0.15) is 0 Å². The third-order valence-electron chi connectivity index (χ3n) is 2.25. The standard InChI is InChI=1S/C12H14O5Se/c1-17-9-4-2-8(3-5-9)7-18-10(12(15)16)6-11(13)14/h2-5,10H,6-7H2,1H3,(H,13,14)(H,15,16). The summed E-state index contributed by atoms with van der Waals surface area (Å²) in [7, 11) is 1.58. The van der Waals surface area contributed by atoms with E-state index in [4.69, 9.17) is 14.9 Å². The maximum absolute atomic E-state index is 10.9. The van der Waals surface area contributed by atoms with Crippen LogP contribution in [0.15, 0.2) is 24.3 Å². The molecule has 98 valence electrons. The molecule has 1 aromatic carbocycles. The topological polar surface area (TPSA) is 83.8 Å². The van der Waals surface area contributed by atoms with Crippen LogP contribution in [0.4, 0.5) is 0 Å². The van der Waals surface area contributed by atoms with Gasteiger partial charge in [0, 0.05) is 0 Å². The van der Waals surface area contributed by atoms with Crippen LogP contribution >= 0.6 is 0 Å². The Bertz CT molecular complexity index is 415. The van der Waals surface area contributed by atoms with Crippen molar-refractivity contribution in [2.75, 3.05) is 7.11 Å². The average molecular weight is 317 g/mol. The predicted octanol–water partition coefficient (Wildman–Crippen LogP) is 1.25. The number of hydrogen-bond donors (Lipinski definition) is 2. The second-order valence-corrected chi connectivity index (χ2v) is 6.08. The zero-order chi connectivity index (χ0) is 13.5. The van der Waals surface area contributed by atoms with E-state index in [-0.39, 0.29) is 21.4 Å². The Morgan fingerprint density at radius 2 is 1.89 bits per heavy atom. The Labute approximate surface area is 111 Å². The third-order valence-corrected chi connectivity index (χ3v) is 4.91. The van der Waals surface area contributed by atoms with E-state index in [2.05, 4.69) is 0 Å². The number of aliphatic carboxylic acids is 2. The van der Waals surface area contributed by atoms with Gasteiger partial charge in [-0.1, -0.05) is 0 Å². The SMILES string of the molecule is COc1ccc(C[Se]C(CC(=O)O)C(=O)O)cc1. The summed E-state index contributed by atoms with van der Waals surface area (Å²) >= 11 is -0.279. The number of benzene rings is 1. The first-order valence-electron chi connectivity index (χ1n) is 5.22. The van der Waals surface area contributed by atoms with Crippen molar-refractivity contribution in [3.05, 3.63) is 29.8 Å². The van der Waals surface area contributed by atoms with E-state index in [1.54, 1.807) is 19.2 Å². The van der Waals surface area contributed by atoms with E-state index in [1.165, 1.54) is 0 Å². The molecule has 1 rings (SSSR count). The molecule has 0 aliphatic rings. The van der Waals surface area contributed by atoms with Crippen LogP contribution in [0, 0.1) is 0 Å². The predicted molar refractivity (Wildman–Crippen MR) is 66.1 cm³/mol. The molecule has 0 aliphatic heterocycles. The Hall–Kier alpha value is -1.52. The molecule has 0 amide bonds. The Kier molecular flexibility index (Phi) is 5.68. The second kappa shape index (κ2) is 7.03. The number of methoxy groups -OCH3 is 1. The molecule has 1 unspecified atom stereocenters. The fraction of sp³-hybridized carbons (Fsp3) is 0.333. The van der Waals surface area contributed by atoms with Gasteiger partial charge in [-0.15, -0.1) is 0 Å². The van der Waals surface area contributed by atoms with Gasteiger partial charge in [-0.25, -0.2) is 0 Å². The molecular weight excluding hydrogens is 303 g/mol. The molecule has 0 radical (unpaired) electrons. The van der Waals surface area contributed by atoms with Crippen molar-refractivity contribution in [3.63, 3.8) is 0 Å². The van der Waals surface area contributed by atoms with E-state index < -0.39 is 16.8 Å². The van der Waals surface area contributed by atoms with Crippen LogP contribution in [-0.2, 0) is 14.9 Å². The molecule has 0 aromatic heterocycles. The van der Waals surface area contributed by atoms with Crippen LogP contribution in [0.2, 0.25) is 4.82 Å². The third kappa shape index (κ3) is 4.77.